The lowest BCUT2D eigenvalue weighted by molar-refractivity contribution is -0.137. The normalized spacial score (nSPS) is 26.1. The van der Waals surface area contributed by atoms with Crippen molar-refractivity contribution >= 4 is 35.8 Å². The van der Waals surface area contributed by atoms with Crippen LogP contribution in [0, 0.1) is 0 Å². The molecular formula is C11H20N2O3S2. The van der Waals surface area contributed by atoms with Crippen LogP contribution in [0.4, 0.5) is 0 Å². The van der Waals surface area contributed by atoms with Crippen LogP contribution in [0.2, 0.25) is 0 Å². The third-order valence-electron chi connectivity index (χ3n) is 2.98. The fourth-order valence-corrected chi connectivity index (χ4v) is 4.61. The van der Waals surface area contributed by atoms with Gasteiger partial charge in [0.2, 0.25) is 0 Å². The van der Waals surface area contributed by atoms with E-state index < -0.39 is 12.0 Å². The molecule has 0 aliphatic heterocycles. The largest absolute Gasteiger partial charge is 0.480 e. The second kappa shape index (κ2) is 8.04. The van der Waals surface area contributed by atoms with Gasteiger partial charge < -0.3 is 21.0 Å². The summed E-state index contributed by atoms with van der Waals surface area (Å²) in [6.07, 6.45) is 3.17. The molecule has 104 valence electrons. The van der Waals surface area contributed by atoms with Crippen molar-refractivity contribution in [2.24, 2.45) is 5.73 Å². The Kier molecular flexibility index (Phi) is 7.06. The first-order valence-electron chi connectivity index (χ1n) is 5.92. The molecule has 1 rings (SSSR count). The molecule has 0 radical (unpaired) electrons. The zero-order valence-electron chi connectivity index (χ0n) is 10.4. The molecule has 18 heavy (non-hydrogen) atoms. The molecule has 5 nitrogen and oxygen atoms in total. The van der Waals surface area contributed by atoms with Crippen molar-refractivity contribution in [3.8, 4) is 0 Å². The maximum Gasteiger partial charge on any atom is 0.321 e. The van der Waals surface area contributed by atoms with E-state index >= 15 is 0 Å². The molecule has 0 amide bonds. The molecule has 4 unspecified atom stereocenters. The van der Waals surface area contributed by atoms with Crippen LogP contribution in [-0.4, -0.2) is 58.5 Å². The van der Waals surface area contributed by atoms with E-state index in [9.17, 15) is 9.59 Å². The number of carbonyl (C=O) groups is 2. The number of carboxylic acid groups (broad SMARTS) is 1. The van der Waals surface area contributed by atoms with Gasteiger partial charge in [-0.2, -0.15) is 23.5 Å². The summed E-state index contributed by atoms with van der Waals surface area (Å²) in [5, 5.41) is 12.6. The Labute approximate surface area is 116 Å². The minimum Gasteiger partial charge on any atom is -0.480 e. The van der Waals surface area contributed by atoms with Crippen molar-refractivity contribution in [2.75, 3.05) is 18.6 Å². The molecule has 4 atom stereocenters. The fourth-order valence-electron chi connectivity index (χ4n) is 1.54. The number of nitrogens with two attached hydrogens (primary N) is 1. The van der Waals surface area contributed by atoms with Crippen LogP contribution < -0.4 is 11.1 Å². The summed E-state index contributed by atoms with van der Waals surface area (Å²) in [5.74, 6) is 0.287. The SMILES string of the molecule is CNC(C=O)CSC1CCC1SCC(N)C(=O)O. The molecule has 1 saturated carbocycles. The molecular weight excluding hydrogens is 272 g/mol. The van der Waals surface area contributed by atoms with Crippen LogP contribution in [0.25, 0.3) is 0 Å². The van der Waals surface area contributed by atoms with E-state index in [-0.39, 0.29) is 6.04 Å². The number of carboxylic acids is 1. The highest BCUT2D eigenvalue weighted by atomic mass is 32.2. The van der Waals surface area contributed by atoms with Gasteiger partial charge in [0, 0.05) is 22.0 Å². The Morgan fingerprint density at radius 2 is 2.00 bits per heavy atom. The average Bonchev–Trinajstić information content (AvgIpc) is 2.33. The van der Waals surface area contributed by atoms with Crippen LogP contribution in [0.1, 0.15) is 12.8 Å². The third-order valence-corrected chi connectivity index (χ3v) is 6.24. The van der Waals surface area contributed by atoms with Crippen molar-refractivity contribution in [2.45, 2.75) is 35.4 Å². The lowest BCUT2D eigenvalue weighted by Crippen LogP contribution is -2.38. The maximum atomic E-state index is 10.7. The molecule has 1 aliphatic rings. The summed E-state index contributed by atoms with van der Waals surface area (Å²) in [6, 6.07) is -0.871. The highest BCUT2D eigenvalue weighted by molar-refractivity contribution is 8.04. The molecule has 0 spiro atoms. The minimum atomic E-state index is -0.942. The summed E-state index contributed by atoms with van der Waals surface area (Å²) in [7, 11) is 1.78. The summed E-state index contributed by atoms with van der Waals surface area (Å²) < 4.78 is 0. The number of hydrogen-bond donors (Lipinski definition) is 3. The zero-order chi connectivity index (χ0) is 13.5. The standard InChI is InChI=1S/C11H20N2O3S2/c1-13-7(4-14)5-17-9-2-3-10(9)18-6-8(12)11(15)16/h4,7-10,13H,2-3,5-6,12H2,1H3,(H,15,16). The number of aliphatic carboxylic acids is 1. The van der Waals surface area contributed by atoms with Gasteiger partial charge in [-0.1, -0.05) is 0 Å². The minimum absolute atomic E-state index is 0.0949. The van der Waals surface area contributed by atoms with Crippen molar-refractivity contribution in [3.05, 3.63) is 0 Å². The van der Waals surface area contributed by atoms with Gasteiger partial charge in [-0.25, -0.2) is 0 Å². The van der Waals surface area contributed by atoms with E-state index in [2.05, 4.69) is 5.32 Å². The number of rotatable bonds is 9. The van der Waals surface area contributed by atoms with Crippen molar-refractivity contribution in [1.82, 2.24) is 5.32 Å². The van der Waals surface area contributed by atoms with Gasteiger partial charge in [0.1, 0.15) is 12.3 Å². The van der Waals surface area contributed by atoms with Crippen LogP contribution in [0.5, 0.6) is 0 Å². The van der Waals surface area contributed by atoms with E-state index in [1.165, 1.54) is 0 Å². The average molecular weight is 292 g/mol. The van der Waals surface area contributed by atoms with Crippen LogP contribution in [-0.2, 0) is 9.59 Å². The Bertz CT molecular complexity index is 279. The fraction of sp³-hybridized carbons (Fsp3) is 0.818. The van der Waals surface area contributed by atoms with Crippen LogP contribution in [0.15, 0.2) is 0 Å². The first kappa shape index (κ1) is 15.8. The van der Waals surface area contributed by atoms with Crippen molar-refractivity contribution in [1.29, 1.82) is 0 Å². The van der Waals surface area contributed by atoms with E-state index in [0.717, 1.165) is 24.9 Å². The lowest BCUT2D eigenvalue weighted by Gasteiger charge is -2.36. The lowest BCUT2D eigenvalue weighted by atomic mass is 9.99. The molecule has 1 aliphatic carbocycles. The summed E-state index contributed by atoms with van der Waals surface area (Å²) in [5.41, 5.74) is 5.47. The summed E-state index contributed by atoms with van der Waals surface area (Å²) >= 11 is 3.43. The smallest absolute Gasteiger partial charge is 0.321 e. The first-order chi connectivity index (χ1) is 8.58. The van der Waals surface area contributed by atoms with Gasteiger partial charge in [0.05, 0.1) is 6.04 Å². The Morgan fingerprint density at radius 1 is 1.44 bits per heavy atom. The quantitative estimate of drug-likeness (QED) is 0.522. The molecule has 0 aromatic rings. The zero-order valence-corrected chi connectivity index (χ0v) is 12.0. The molecule has 7 heteroatoms. The van der Waals surface area contributed by atoms with E-state index in [4.69, 9.17) is 10.8 Å². The second-order valence-corrected chi connectivity index (χ2v) is 6.84. The molecule has 1 fully saturated rings. The van der Waals surface area contributed by atoms with Gasteiger partial charge in [0.15, 0.2) is 0 Å². The van der Waals surface area contributed by atoms with Crippen LogP contribution >= 0.6 is 23.5 Å². The first-order valence-corrected chi connectivity index (χ1v) is 8.02. The summed E-state index contributed by atoms with van der Waals surface area (Å²) in [6.45, 7) is 0. The molecule has 0 bridgehead atoms. The van der Waals surface area contributed by atoms with E-state index in [1.54, 1.807) is 30.6 Å². The number of thioether (sulfide) groups is 2. The van der Waals surface area contributed by atoms with Crippen LogP contribution in [0.3, 0.4) is 0 Å². The van der Waals surface area contributed by atoms with E-state index in [0.29, 0.717) is 16.3 Å². The number of likely N-dealkylation sites (N-methyl/N-ethyl adjacent to an activating group) is 1. The van der Waals surface area contributed by atoms with Gasteiger partial charge >= 0.3 is 5.97 Å². The number of carbonyl (C=O) groups excluding carboxylic acids is 1. The monoisotopic (exact) mass is 292 g/mol. The van der Waals surface area contributed by atoms with E-state index in [1.807, 2.05) is 0 Å². The third kappa shape index (κ3) is 4.79. The van der Waals surface area contributed by atoms with Gasteiger partial charge in [-0.05, 0) is 19.9 Å². The Balaban J connectivity index is 2.20. The van der Waals surface area contributed by atoms with Crippen molar-refractivity contribution < 1.29 is 14.7 Å². The topological polar surface area (TPSA) is 92.4 Å². The van der Waals surface area contributed by atoms with Gasteiger partial charge in [-0.15, -0.1) is 0 Å². The molecule has 0 saturated heterocycles. The molecule has 4 N–H and O–H groups in total. The predicted molar refractivity (Wildman–Crippen MR) is 76.2 cm³/mol. The second-order valence-electron chi connectivity index (χ2n) is 4.30. The number of aldehydes is 1. The molecule has 0 aromatic heterocycles. The highest BCUT2D eigenvalue weighted by Gasteiger charge is 2.32. The predicted octanol–water partition coefficient (Wildman–Crippen LogP) is 0.183. The number of nitrogens with one attached hydrogen (secondary N) is 1. The Hall–Kier alpha value is -0.240. The maximum absolute atomic E-state index is 10.7. The number of hydrogen-bond acceptors (Lipinski definition) is 6. The molecule has 0 aromatic carbocycles. The highest BCUT2D eigenvalue weighted by Crippen LogP contribution is 2.40. The Morgan fingerprint density at radius 3 is 2.39 bits per heavy atom. The summed E-state index contributed by atoms with van der Waals surface area (Å²) in [4.78, 5) is 21.3. The molecule has 0 heterocycles. The van der Waals surface area contributed by atoms with Gasteiger partial charge in [0.25, 0.3) is 0 Å². The van der Waals surface area contributed by atoms with Crippen molar-refractivity contribution in [3.63, 3.8) is 0 Å². The van der Waals surface area contributed by atoms with Gasteiger partial charge in [-0.3, -0.25) is 4.79 Å².